The van der Waals surface area contributed by atoms with Gasteiger partial charge < -0.3 is 10.6 Å². The Morgan fingerprint density at radius 3 is 2.29 bits per heavy atom. The summed E-state index contributed by atoms with van der Waals surface area (Å²) in [5.41, 5.74) is 9.55. The molecule has 2 N–H and O–H groups in total. The molecular weight excluding hydrogens is 270 g/mol. The van der Waals surface area contributed by atoms with Gasteiger partial charge in [0.05, 0.1) is 6.04 Å². The Labute approximate surface area is 124 Å². The fourth-order valence-corrected chi connectivity index (χ4v) is 2.47. The Balaban J connectivity index is 2.18. The summed E-state index contributed by atoms with van der Waals surface area (Å²) in [7, 11) is 1.89. The Bertz CT molecular complexity index is 620. The van der Waals surface area contributed by atoms with E-state index in [2.05, 4.69) is 6.07 Å². The van der Waals surface area contributed by atoms with Crippen molar-refractivity contribution in [3.63, 3.8) is 0 Å². The first-order valence-corrected chi connectivity index (χ1v) is 6.87. The maximum absolute atomic E-state index is 13.7. The van der Waals surface area contributed by atoms with Crippen LogP contribution in [0.15, 0.2) is 36.4 Å². The molecule has 0 heterocycles. The third-order valence-electron chi connectivity index (χ3n) is 3.48. The molecule has 0 fully saturated rings. The normalized spacial score (nSPS) is 12.3. The summed E-state index contributed by atoms with van der Waals surface area (Å²) in [6.45, 7) is 4.45. The minimum Gasteiger partial charge on any atom is -0.373 e. The van der Waals surface area contributed by atoms with Crippen LogP contribution in [0, 0.1) is 25.5 Å². The summed E-state index contributed by atoms with van der Waals surface area (Å²) < 4.78 is 27.0. The molecule has 0 amide bonds. The number of anilines is 1. The molecule has 0 aliphatic rings. The van der Waals surface area contributed by atoms with Crippen molar-refractivity contribution in [3.05, 3.63) is 64.7 Å². The number of nitrogens with zero attached hydrogens (tertiary/aromatic N) is 1. The van der Waals surface area contributed by atoms with E-state index < -0.39 is 17.7 Å². The smallest absolute Gasteiger partial charge is 0.128 e. The molecule has 112 valence electrons. The van der Waals surface area contributed by atoms with Gasteiger partial charge in [-0.05, 0) is 55.3 Å². The molecule has 1 atom stereocenters. The monoisotopic (exact) mass is 290 g/mol. The second-order valence-electron chi connectivity index (χ2n) is 5.50. The van der Waals surface area contributed by atoms with Crippen molar-refractivity contribution in [2.24, 2.45) is 5.73 Å². The summed E-state index contributed by atoms with van der Waals surface area (Å²) in [6, 6.07) is 8.95. The van der Waals surface area contributed by atoms with E-state index in [-0.39, 0.29) is 5.56 Å². The topological polar surface area (TPSA) is 29.3 Å². The van der Waals surface area contributed by atoms with Crippen LogP contribution in [-0.2, 0) is 0 Å². The highest BCUT2D eigenvalue weighted by Gasteiger charge is 2.15. The highest BCUT2D eigenvalue weighted by Crippen LogP contribution is 2.22. The number of nitrogens with two attached hydrogens (primary N) is 1. The number of benzene rings is 2. The number of halogens is 2. The van der Waals surface area contributed by atoms with Crippen LogP contribution in [0.1, 0.15) is 22.7 Å². The zero-order valence-corrected chi connectivity index (χ0v) is 12.5. The van der Waals surface area contributed by atoms with Crippen molar-refractivity contribution >= 4 is 5.69 Å². The van der Waals surface area contributed by atoms with Crippen molar-refractivity contribution in [2.75, 3.05) is 18.5 Å². The van der Waals surface area contributed by atoms with Crippen LogP contribution < -0.4 is 10.6 Å². The Kier molecular flexibility index (Phi) is 4.58. The van der Waals surface area contributed by atoms with Crippen LogP contribution in [-0.4, -0.2) is 13.6 Å². The second-order valence-corrected chi connectivity index (χ2v) is 5.50. The largest absolute Gasteiger partial charge is 0.373 e. The highest BCUT2D eigenvalue weighted by molar-refractivity contribution is 5.50. The van der Waals surface area contributed by atoms with E-state index in [1.165, 1.54) is 0 Å². The van der Waals surface area contributed by atoms with Gasteiger partial charge in [0.25, 0.3) is 0 Å². The van der Waals surface area contributed by atoms with E-state index in [1.54, 1.807) is 0 Å². The zero-order chi connectivity index (χ0) is 15.6. The molecule has 0 saturated carbocycles. The van der Waals surface area contributed by atoms with Gasteiger partial charge in [-0.1, -0.05) is 6.07 Å². The fourth-order valence-electron chi connectivity index (χ4n) is 2.47. The average molecular weight is 290 g/mol. The minimum absolute atomic E-state index is 0.200. The van der Waals surface area contributed by atoms with Gasteiger partial charge in [0.1, 0.15) is 11.6 Å². The van der Waals surface area contributed by atoms with Gasteiger partial charge in [0.15, 0.2) is 0 Å². The van der Waals surface area contributed by atoms with Crippen molar-refractivity contribution < 1.29 is 8.78 Å². The molecule has 2 aromatic carbocycles. The van der Waals surface area contributed by atoms with Crippen molar-refractivity contribution in [3.8, 4) is 0 Å². The molecule has 2 aromatic rings. The quantitative estimate of drug-likeness (QED) is 0.930. The molecule has 0 bridgehead atoms. The lowest BCUT2D eigenvalue weighted by Crippen LogP contribution is -2.29. The lowest BCUT2D eigenvalue weighted by molar-refractivity contribution is 0.561. The lowest BCUT2D eigenvalue weighted by Gasteiger charge is -2.24. The SMILES string of the molecule is Cc1cc(C)cc(N(C)CC(N)c2cc(F)ccc2F)c1. The van der Waals surface area contributed by atoms with Gasteiger partial charge in [-0.2, -0.15) is 0 Å². The minimum atomic E-state index is -0.591. The number of likely N-dealkylation sites (N-methyl/N-ethyl adjacent to an activating group) is 1. The Morgan fingerprint density at radius 1 is 1.05 bits per heavy atom. The molecule has 0 spiro atoms. The van der Waals surface area contributed by atoms with Gasteiger partial charge in [-0.15, -0.1) is 0 Å². The molecule has 0 aliphatic heterocycles. The average Bonchev–Trinajstić information content (AvgIpc) is 2.40. The van der Waals surface area contributed by atoms with Crippen LogP contribution in [0.3, 0.4) is 0 Å². The Morgan fingerprint density at radius 2 is 1.67 bits per heavy atom. The lowest BCUT2D eigenvalue weighted by atomic mass is 10.1. The molecule has 0 radical (unpaired) electrons. The van der Waals surface area contributed by atoms with Crippen molar-refractivity contribution in [1.82, 2.24) is 0 Å². The molecule has 2 rings (SSSR count). The highest BCUT2D eigenvalue weighted by atomic mass is 19.1. The fraction of sp³-hybridized carbons (Fsp3) is 0.294. The van der Waals surface area contributed by atoms with Gasteiger partial charge >= 0.3 is 0 Å². The first-order chi connectivity index (χ1) is 9.86. The maximum Gasteiger partial charge on any atom is 0.128 e. The van der Waals surface area contributed by atoms with E-state index in [0.717, 1.165) is 35.0 Å². The molecule has 21 heavy (non-hydrogen) atoms. The predicted molar refractivity (Wildman–Crippen MR) is 82.5 cm³/mol. The van der Waals surface area contributed by atoms with E-state index in [0.29, 0.717) is 6.54 Å². The third-order valence-corrected chi connectivity index (χ3v) is 3.48. The first kappa shape index (κ1) is 15.4. The maximum atomic E-state index is 13.7. The van der Waals surface area contributed by atoms with Crippen LogP contribution in [0.4, 0.5) is 14.5 Å². The van der Waals surface area contributed by atoms with Crippen LogP contribution in [0.2, 0.25) is 0 Å². The van der Waals surface area contributed by atoms with Crippen LogP contribution in [0.5, 0.6) is 0 Å². The van der Waals surface area contributed by atoms with Gasteiger partial charge in [-0.25, -0.2) is 8.78 Å². The van der Waals surface area contributed by atoms with E-state index in [9.17, 15) is 8.78 Å². The molecular formula is C17H20F2N2. The van der Waals surface area contributed by atoms with Crippen LogP contribution >= 0.6 is 0 Å². The van der Waals surface area contributed by atoms with E-state index in [4.69, 9.17) is 5.73 Å². The number of hydrogen-bond acceptors (Lipinski definition) is 2. The Hall–Kier alpha value is -1.94. The zero-order valence-electron chi connectivity index (χ0n) is 12.5. The molecule has 0 aliphatic carbocycles. The molecule has 0 saturated heterocycles. The summed E-state index contributed by atoms with van der Waals surface area (Å²) in [5, 5.41) is 0. The summed E-state index contributed by atoms with van der Waals surface area (Å²) in [4.78, 5) is 1.95. The number of rotatable bonds is 4. The third kappa shape index (κ3) is 3.79. The molecule has 4 heteroatoms. The first-order valence-electron chi connectivity index (χ1n) is 6.87. The molecule has 2 nitrogen and oxygen atoms in total. The van der Waals surface area contributed by atoms with Gasteiger partial charge in [0.2, 0.25) is 0 Å². The van der Waals surface area contributed by atoms with Crippen molar-refractivity contribution in [1.29, 1.82) is 0 Å². The van der Waals surface area contributed by atoms with Crippen LogP contribution in [0.25, 0.3) is 0 Å². The second kappa shape index (κ2) is 6.22. The standard InChI is InChI=1S/C17H20F2N2/c1-11-6-12(2)8-14(7-11)21(3)10-17(20)15-9-13(18)4-5-16(15)19/h4-9,17H,10,20H2,1-3H3. The predicted octanol–water partition coefficient (Wildman–Crippen LogP) is 3.72. The number of aryl methyl sites for hydroxylation is 2. The van der Waals surface area contributed by atoms with Crippen molar-refractivity contribution in [2.45, 2.75) is 19.9 Å². The summed E-state index contributed by atoms with van der Waals surface area (Å²) in [6.07, 6.45) is 0. The summed E-state index contributed by atoms with van der Waals surface area (Å²) >= 11 is 0. The molecule has 1 unspecified atom stereocenters. The van der Waals surface area contributed by atoms with Gasteiger partial charge in [0, 0.05) is 24.8 Å². The number of hydrogen-bond donors (Lipinski definition) is 1. The molecule has 0 aromatic heterocycles. The van der Waals surface area contributed by atoms with E-state index >= 15 is 0 Å². The summed E-state index contributed by atoms with van der Waals surface area (Å²) in [5.74, 6) is -0.950. The van der Waals surface area contributed by atoms with E-state index in [1.807, 2.05) is 37.9 Å². The van der Waals surface area contributed by atoms with Gasteiger partial charge in [-0.3, -0.25) is 0 Å².